The fourth-order valence-corrected chi connectivity index (χ4v) is 1.81. The van der Waals surface area contributed by atoms with Gasteiger partial charge in [0.25, 0.3) is 0 Å². The van der Waals surface area contributed by atoms with Crippen molar-refractivity contribution in [3.8, 4) is 11.5 Å². The second-order valence-electron chi connectivity index (χ2n) is 3.34. The van der Waals surface area contributed by atoms with Crippen LogP contribution in [0.3, 0.4) is 0 Å². The Labute approximate surface area is 108 Å². The monoisotopic (exact) mass is 296 g/mol. The van der Waals surface area contributed by atoms with Gasteiger partial charge in [0, 0.05) is 10.4 Å². The van der Waals surface area contributed by atoms with E-state index in [9.17, 15) is 0 Å². The SMILES string of the molecule is Clc1ccc(Oc2cccc(CBr)c2)cc1. The first kappa shape index (κ1) is 11.5. The second kappa shape index (κ2) is 5.37. The largest absolute Gasteiger partial charge is 0.457 e. The van der Waals surface area contributed by atoms with Crippen molar-refractivity contribution in [2.75, 3.05) is 0 Å². The van der Waals surface area contributed by atoms with Crippen LogP contribution in [0.5, 0.6) is 11.5 Å². The molecule has 3 heteroatoms. The van der Waals surface area contributed by atoms with Crippen LogP contribution in [-0.4, -0.2) is 0 Å². The highest BCUT2D eigenvalue weighted by Gasteiger charge is 1.98. The Bertz CT molecular complexity index is 468. The molecule has 0 unspecified atom stereocenters. The highest BCUT2D eigenvalue weighted by Crippen LogP contribution is 2.24. The summed E-state index contributed by atoms with van der Waals surface area (Å²) in [4.78, 5) is 0. The highest BCUT2D eigenvalue weighted by molar-refractivity contribution is 9.08. The van der Waals surface area contributed by atoms with Crippen molar-refractivity contribution in [3.63, 3.8) is 0 Å². The number of rotatable bonds is 3. The van der Waals surface area contributed by atoms with Gasteiger partial charge in [0.1, 0.15) is 11.5 Å². The molecule has 0 heterocycles. The number of hydrogen-bond donors (Lipinski definition) is 0. The van der Waals surface area contributed by atoms with E-state index in [1.807, 2.05) is 48.5 Å². The van der Waals surface area contributed by atoms with E-state index >= 15 is 0 Å². The van der Waals surface area contributed by atoms with E-state index in [0.717, 1.165) is 16.8 Å². The Morgan fingerprint density at radius 1 is 1.00 bits per heavy atom. The molecule has 0 aliphatic rings. The number of hydrogen-bond acceptors (Lipinski definition) is 1. The zero-order chi connectivity index (χ0) is 11.4. The maximum Gasteiger partial charge on any atom is 0.127 e. The summed E-state index contributed by atoms with van der Waals surface area (Å²) >= 11 is 9.21. The lowest BCUT2D eigenvalue weighted by molar-refractivity contribution is 0.482. The molecule has 0 N–H and O–H groups in total. The Balaban J connectivity index is 2.16. The van der Waals surface area contributed by atoms with Gasteiger partial charge in [-0.25, -0.2) is 0 Å². The summed E-state index contributed by atoms with van der Waals surface area (Å²) in [6.45, 7) is 0. The quantitative estimate of drug-likeness (QED) is 0.722. The van der Waals surface area contributed by atoms with Crippen molar-refractivity contribution < 1.29 is 4.74 Å². The smallest absolute Gasteiger partial charge is 0.127 e. The third kappa shape index (κ3) is 3.00. The summed E-state index contributed by atoms with van der Waals surface area (Å²) in [6.07, 6.45) is 0. The van der Waals surface area contributed by atoms with Crippen LogP contribution in [0.15, 0.2) is 48.5 Å². The topological polar surface area (TPSA) is 9.23 Å². The van der Waals surface area contributed by atoms with Crippen molar-refractivity contribution >= 4 is 27.5 Å². The van der Waals surface area contributed by atoms with Crippen molar-refractivity contribution in [2.24, 2.45) is 0 Å². The minimum atomic E-state index is 0.710. The number of ether oxygens (including phenoxy) is 1. The van der Waals surface area contributed by atoms with Crippen LogP contribution in [-0.2, 0) is 5.33 Å². The van der Waals surface area contributed by atoms with Gasteiger partial charge in [-0.05, 0) is 42.0 Å². The maximum atomic E-state index is 5.80. The molecule has 0 fully saturated rings. The van der Waals surface area contributed by atoms with E-state index in [1.54, 1.807) is 0 Å². The van der Waals surface area contributed by atoms with Crippen LogP contribution >= 0.6 is 27.5 Å². The molecule has 0 aliphatic heterocycles. The first-order chi connectivity index (χ1) is 7.78. The Morgan fingerprint density at radius 3 is 2.44 bits per heavy atom. The summed E-state index contributed by atoms with van der Waals surface area (Å²) in [7, 11) is 0. The lowest BCUT2D eigenvalue weighted by Gasteiger charge is -2.06. The van der Waals surface area contributed by atoms with E-state index in [4.69, 9.17) is 16.3 Å². The minimum Gasteiger partial charge on any atom is -0.457 e. The van der Waals surface area contributed by atoms with Gasteiger partial charge in [0.05, 0.1) is 0 Å². The van der Waals surface area contributed by atoms with Gasteiger partial charge in [-0.15, -0.1) is 0 Å². The van der Waals surface area contributed by atoms with Gasteiger partial charge in [0.2, 0.25) is 0 Å². The highest BCUT2D eigenvalue weighted by atomic mass is 79.9. The van der Waals surface area contributed by atoms with Crippen LogP contribution in [0.1, 0.15) is 5.56 Å². The van der Waals surface area contributed by atoms with Crippen LogP contribution < -0.4 is 4.74 Å². The zero-order valence-electron chi connectivity index (χ0n) is 8.49. The van der Waals surface area contributed by atoms with E-state index in [-0.39, 0.29) is 0 Å². The maximum absolute atomic E-state index is 5.80. The normalized spacial score (nSPS) is 10.1. The van der Waals surface area contributed by atoms with Crippen LogP contribution in [0, 0.1) is 0 Å². The average molecular weight is 298 g/mol. The van der Waals surface area contributed by atoms with Crippen molar-refractivity contribution in [2.45, 2.75) is 5.33 Å². The number of alkyl halides is 1. The molecule has 16 heavy (non-hydrogen) atoms. The molecule has 0 aromatic heterocycles. The van der Waals surface area contributed by atoms with Gasteiger partial charge in [-0.3, -0.25) is 0 Å². The molecule has 82 valence electrons. The average Bonchev–Trinajstić information content (AvgIpc) is 2.32. The molecule has 0 atom stereocenters. The predicted molar refractivity (Wildman–Crippen MR) is 70.6 cm³/mol. The van der Waals surface area contributed by atoms with Crippen LogP contribution in [0.25, 0.3) is 0 Å². The standard InChI is InChI=1S/C13H10BrClO/c14-9-10-2-1-3-13(8-10)16-12-6-4-11(15)5-7-12/h1-8H,9H2. The Kier molecular flexibility index (Phi) is 3.86. The molecule has 0 aliphatic carbocycles. The van der Waals surface area contributed by atoms with Crippen molar-refractivity contribution in [1.82, 2.24) is 0 Å². The molecule has 0 bridgehead atoms. The second-order valence-corrected chi connectivity index (χ2v) is 4.33. The zero-order valence-corrected chi connectivity index (χ0v) is 10.8. The summed E-state index contributed by atoms with van der Waals surface area (Å²) in [5.41, 5.74) is 1.19. The molecule has 2 aromatic rings. The summed E-state index contributed by atoms with van der Waals surface area (Å²) in [6, 6.07) is 15.3. The Morgan fingerprint density at radius 2 is 1.75 bits per heavy atom. The third-order valence-corrected chi connectivity index (χ3v) is 3.00. The molecule has 1 nitrogen and oxygen atoms in total. The summed E-state index contributed by atoms with van der Waals surface area (Å²) < 4.78 is 5.70. The van der Waals surface area contributed by atoms with Crippen molar-refractivity contribution in [3.05, 3.63) is 59.1 Å². The van der Waals surface area contributed by atoms with Gasteiger partial charge < -0.3 is 4.74 Å². The van der Waals surface area contributed by atoms with E-state index < -0.39 is 0 Å². The first-order valence-electron chi connectivity index (χ1n) is 4.86. The fourth-order valence-electron chi connectivity index (χ4n) is 1.33. The fraction of sp³-hybridized carbons (Fsp3) is 0.0769. The lowest BCUT2D eigenvalue weighted by Crippen LogP contribution is -1.85. The third-order valence-electron chi connectivity index (χ3n) is 2.10. The minimum absolute atomic E-state index is 0.710. The van der Waals surface area contributed by atoms with E-state index in [1.165, 1.54) is 5.56 Å². The van der Waals surface area contributed by atoms with Crippen LogP contribution in [0.2, 0.25) is 5.02 Å². The molecule has 0 amide bonds. The molecule has 0 saturated heterocycles. The molecule has 2 aromatic carbocycles. The van der Waals surface area contributed by atoms with E-state index in [2.05, 4.69) is 15.9 Å². The molecule has 2 rings (SSSR count). The Hall–Kier alpha value is -0.990. The van der Waals surface area contributed by atoms with Gasteiger partial charge >= 0.3 is 0 Å². The lowest BCUT2D eigenvalue weighted by atomic mass is 10.2. The van der Waals surface area contributed by atoms with Crippen LogP contribution in [0.4, 0.5) is 0 Å². The van der Waals surface area contributed by atoms with Gasteiger partial charge in [-0.2, -0.15) is 0 Å². The number of benzene rings is 2. The molecule has 0 saturated carbocycles. The summed E-state index contributed by atoms with van der Waals surface area (Å²) in [5.74, 6) is 1.62. The molecule has 0 radical (unpaired) electrons. The van der Waals surface area contributed by atoms with Crippen molar-refractivity contribution in [1.29, 1.82) is 0 Å². The molecule has 0 spiro atoms. The number of halogens is 2. The van der Waals surface area contributed by atoms with Gasteiger partial charge in [0.15, 0.2) is 0 Å². The summed E-state index contributed by atoms with van der Waals surface area (Å²) in [5, 5.41) is 1.53. The predicted octanol–water partition coefficient (Wildman–Crippen LogP) is 5.03. The molecular weight excluding hydrogens is 287 g/mol. The van der Waals surface area contributed by atoms with E-state index in [0.29, 0.717) is 5.02 Å². The molecular formula is C13H10BrClO. The first-order valence-corrected chi connectivity index (χ1v) is 6.36. The van der Waals surface area contributed by atoms with Gasteiger partial charge in [-0.1, -0.05) is 39.7 Å².